The molecule has 0 fully saturated rings. The van der Waals surface area contributed by atoms with Crippen molar-refractivity contribution in [2.75, 3.05) is 0 Å². The Hall–Kier alpha value is -0.964. The second-order valence-corrected chi connectivity index (χ2v) is 25.8. The predicted molar refractivity (Wildman–Crippen MR) is 84.8 cm³/mol. The topological polar surface area (TPSA) is 100 Å². The number of aromatic carboxylic acids is 2. The first-order chi connectivity index (χ1) is 10.6. The third-order valence-electron chi connectivity index (χ3n) is 2.28. The summed E-state index contributed by atoms with van der Waals surface area (Å²) in [5.41, 5.74) is 0.779. The Kier molecular flexibility index (Phi) is 7.65. The van der Waals surface area contributed by atoms with Gasteiger partial charge in [0.1, 0.15) is 0 Å². The summed E-state index contributed by atoms with van der Waals surface area (Å²) in [6.07, 6.45) is 2.68. The zero-order valence-electron chi connectivity index (χ0n) is 10.9. The molecule has 0 aromatic carbocycles. The van der Waals surface area contributed by atoms with Crippen LogP contribution in [0.5, 0.6) is 0 Å². The molecule has 2 N–H and O–H groups in total. The third-order valence-corrected chi connectivity index (χ3v) is 2.28. The van der Waals surface area contributed by atoms with Gasteiger partial charge in [-0.3, -0.25) is 9.97 Å². The van der Waals surface area contributed by atoms with Crippen LogP contribution >= 0.6 is 38.6 Å². The van der Waals surface area contributed by atoms with Crippen molar-refractivity contribution < 1.29 is 30.8 Å². The van der Waals surface area contributed by atoms with Gasteiger partial charge in [-0.2, -0.15) is 0 Å². The quantitative estimate of drug-likeness (QED) is 0.566. The predicted octanol–water partition coefficient (Wildman–Crippen LogP) is 4.30. The Morgan fingerprint density at radius 2 is 1.13 bits per heavy atom. The van der Waals surface area contributed by atoms with Crippen LogP contribution < -0.4 is 0 Å². The Morgan fingerprint density at radius 3 is 1.39 bits per heavy atom. The first-order valence-electron chi connectivity index (χ1n) is 5.50. The van der Waals surface area contributed by atoms with E-state index in [4.69, 9.17) is 48.8 Å². The molecule has 0 radical (unpaired) electrons. The molecule has 0 aliphatic rings. The Morgan fingerprint density at radius 1 is 0.826 bits per heavy atom. The molecule has 0 bridgehead atoms. The fraction of sp³-hybridized carbons (Fsp3) is 0. The van der Waals surface area contributed by atoms with Crippen LogP contribution in [0.15, 0.2) is 36.7 Å². The number of carboxylic acid groups (broad SMARTS) is 2. The molecule has 0 amide bonds. The van der Waals surface area contributed by atoms with E-state index < -0.39 is 23.0 Å². The molecular formula is C12H8Cl4N2O4Os. The van der Waals surface area contributed by atoms with Crippen LogP contribution in [0, 0.1) is 0 Å². The number of hydrogen-bond donors (Lipinski definition) is 2. The molecule has 2 heterocycles. The normalized spacial score (nSPS) is 11.1. The molecule has 2 aromatic heterocycles. The van der Waals surface area contributed by atoms with Gasteiger partial charge in [-0.25, -0.2) is 9.59 Å². The molecule has 0 unspecified atom stereocenters. The SMILES string of the molecule is O=C(O)c1ccnc(-c2cc(C(=O)O)ccn2)c1.[Cl][Os]([Cl])([Cl])[Cl]. The fourth-order valence-corrected chi connectivity index (χ4v) is 1.41. The zero-order valence-corrected chi connectivity index (χ0v) is 16.5. The number of pyridine rings is 2. The molecule has 2 aromatic rings. The van der Waals surface area contributed by atoms with Crippen LogP contribution in [0.1, 0.15) is 20.7 Å². The van der Waals surface area contributed by atoms with Crippen molar-refractivity contribution in [2.45, 2.75) is 0 Å². The van der Waals surface area contributed by atoms with E-state index in [1.54, 1.807) is 0 Å². The van der Waals surface area contributed by atoms with E-state index in [0.29, 0.717) is 11.4 Å². The van der Waals surface area contributed by atoms with E-state index in [-0.39, 0.29) is 11.1 Å². The summed E-state index contributed by atoms with van der Waals surface area (Å²) in [4.78, 5) is 29.6. The second kappa shape index (κ2) is 8.77. The van der Waals surface area contributed by atoms with Gasteiger partial charge in [-0.15, -0.1) is 0 Å². The average molecular weight is 576 g/mol. The van der Waals surface area contributed by atoms with Crippen LogP contribution in [0.4, 0.5) is 0 Å². The molecule has 0 atom stereocenters. The van der Waals surface area contributed by atoms with Gasteiger partial charge in [0, 0.05) is 12.4 Å². The molecule has 0 aliphatic carbocycles. The molecule has 0 aliphatic heterocycles. The minimum atomic E-state index is -3.17. The van der Waals surface area contributed by atoms with E-state index >= 15 is 0 Å². The minimum absolute atomic E-state index is 0.0718. The summed E-state index contributed by atoms with van der Waals surface area (Å²) in [7, 11) is 20.1. The summed E-state index contributed by atoms with van der Waals surface area (Å²) in [6, 6.07) is 5.40. The Labute approximate surface area is 150 Å². The summed E-state index contributed by atoms with van der Waals surface area (Å²) in [6.45, 7) is 0. The summed E-state index contributed by atoms with van der Waals surface area (Å²) < 4.78 is 0. The van der Waals surface area contributed by atoms with Gasteiger partial charge in [0.05, 0.1) is 22.5 Å². The summed E-state index contributed by atoms with van der Waals surface area (Å²) >= 11 is -3.17. The van der Waals surface area contributed by atoms with Crippen LogP contribution in [-0.4, -0.2) is 32.1 Å². The molecule has 0 saturated carbocycles. The van der Waals surface area contributed by atoms with E-state index in [1.165, 1.54) is 36.7 Å². The number of nitrogens with zero attached hydrogens (tertiary/aromatic N) is 2. The van der Waals surface area contributed by atoms with Gasteiger partial charge < -0.3 is 10.2 Å². The maximum absolute atomic E-state index is 10.8. The number of halogens is 4. The first kappa shape index (κ1) is 20.1. The van der Waals surface area contributed by atoms with Crippen LogP contribution in [0.2, 0.25) is 0 Å². The average Bonchev–Trinajstić information content (AvgIpc) is 2.46. The molecule has 0 saturated heterocycles. The summed E-state index contributed by atoms with van der Waals surface area (Å²) in [5, 5.41) is 17.7. The summed E-state index contributed by atoms with van der Waals surface area (Å²) in [5.74, 6) is -2.15. The van der Waals surface area contributed by atoms with Gasteiger partial charge in [-0.05, 0) is 24.3 Å². The van der Waals surface area contributed by atoms with Crippen molar-refractivity contribution in [3.63, 3.8) is 0 Å². The number of carboxylic acids is 2. The number of aromatic nitrogens is 2. The van der Waals surface area contributed by atoms with Gasteiger partial charge in [0.2, 0.25) is 0 Å². The van der Waals surface area contributed by atoms with Crippen LogP contribution in [0.25, 0.3) is 11.4 Å². The van der Waals surface area contributed by atoms with Crippen molar-refractivity contribution >= 4 is 50.5 Å². The number of carbonyl (C=O) groups is 2. The fourth-order valence-electron chi connectivity index (χ4n) is 1.41. The molecule has 11 heteroatoms. The monoisotopic (exact) mass is 576 g/mol. The van der Waals surface area contributed by atoms with Gasteiger partial charge in [0.15, 0.2) is 0 Å². The van der Waals surface area contributed by atoms with Crippen molar-refractivity contribution in [3.05, 3.63) is 47.8 Å². The first-order valence-corrected chi connectivity index (χ1v) is 18.1. The van der Waals surface area contributed by atoms with Crippen molar-refractivity contribution in [1.29, 1.82) is 0 Å². The maximum atomic E-state index is 10.8. The molecule has 0 spiro atoms. The van der Waals surface area contributed by atoms with Gasteiger partial charge in [0.25, 0.3) is 0 Å². The Bertz CT molecular complexity index is 663. The van der Waals surface area contributed by atoms with Crippen LogP contribution in [-0.2, 0) is 11.0 Å². The third kappa shape index (κ3) is 7.91. The number of rotatable bonds is 3. The van der Waals surface area contributed by atoms with Gasteiger partial charge in [-0.1, -0.05) is 0 Å². The second-order valence-electron chi connectivity index (χ2n) is 3.77. The van der Waals surface area contributed by atoms with E-state index in [2.05, 4.69) is 9.97 Å². The van der Waals surface area contributed by atoms with E-state index in [1.807, 2.05) is 0 Å². The molecular weight excluding hydrogens is 568 g/mol. The molecule has 6 nitrogen and oxygen atoms in total. The molecule has 126 valence electrons. The van der Waals surface area contributed by atoms with Crippen molar-refractivity contribution in [2.24, 2.45) is 0 Å². The standard InChI is InChI=1S/C12H8N2O4.4ClH.Os/c15-11(16)7-1-3-13-9(5-7)10-6-8(12(17)18)2-4-14-10;;;;;/h1-6H,(H,15,16)(H,17,18);4*1H;/q;;;;;+4/p-4. The van der Waals surface area contributed by atoms with E-state index in [0.717, 1.165) is 0 Å². The van der Waals surface area contributed by atoms with Crippen LogP contribution in [0.3, 0.4) is 0 Å². The van der Waals surface area contributed by atoms with Crippen molar-refractivity contribution in [3.8, 4) is 11.4 Å². The van der Waals surface area contributed by atoms with Gasteiger partial charge >= 0.3 is 61.5 Å². The van der Waals surface area contributed by atoms with E-state index in [9.17, 15) is 9.59 Å². The van der Waals surface area contributed by atoms with Crippen molar-refractivity contribution in [1.82, 2.24) is 9.97 Å². The molecule has 2 rings (SSSR count). The molecule has 23 heavy (non-hydrogen) atoms. The Balaban J connectivity index is 0.000000463. The number of hydrogen-bond acceptors (Lipinski definition) is 4. The zero-order chi connectivity index (χ0) is 17.6.